The summed E-state index contributed by atoms with van der Waals surface area (Å²) in [5.41, 5.74) is 1.55. The summed E-state index contributed by atoms with van der Waals surface area (Å²) in [5.74, 6) is 1.05. The van der Waals surface area contributed by atoms with Crippen LogP contribution in [0.3, 0.4) is 0 Å². The van der Waals surface area contributed by atoms with Crippen LogP contribution in [-0.4, -0.2) is 7.11 Å². The lowest BCUT2D eigenvalue weighted by atomic mass is 10.2. The molecule has 2 rings (SSSR count). The van der Waals surface area contributed by atoms with Crippen LogP contribution in [-0.2, 0) is 6.61 Å². The summed E-state index contributed by atoms with van der Waals surface area (Å²) >= 11 is 0. The molecule has 0 fully saturated rings. The van der Waals surface area contributed by atoms with Gasteiger partial charge in [-0.3, -0.25) is 0 Å². The number of methoxy groups -OCH3 is 1. The first-order valence-corrected chi connectivity index (χ1v) is 5.66. The molecular weight excluding hydrogens is 230 g/mol. The monoisotopic (exact) mass is 245 g/mol. The molecule has 0 amide bonds. The van der Waals surface area contributed by atoms with Crippen LogP contribution in [0, 0.1) is 12.1 Å². The van der Waals surface area contributed by atoms with Crippen LogP contribution in [0.1, 0.15) is 11.3 Å². The zero-order valence-corrected chi connectivity index (χ0v) is 10.4. The highest BCUT2D eigenvalue weighted by Gasteiger charge is 2.15. The minimum absolute atomic E-state index is 0.444. The minimum atomic E-state index is 0.444. The van der Waals surface area contributed by atoms with Crippen molar-refractivity contribution >= 4 is 0 Å². The van der Waals surface area contributed by atoms with Gasteiger partial charge in [0.2, 0.25) is 11.4 Å². The first-order chi connectivity index (χ1) is 8.72. The molecule has 0 spiro atoms. The van der Waals surface area contributed by atoms with E-state index in [1.807, 2.05) is 30.3 Å². The maximum absolute atomic E-state index is 11.4. The normalized spacial score (nSPS) is 10.1. The highest BCUT2D eigenvalue weighted by atomic mass is 16.5. The molecule has 4 heteroatoms. The van der Waals surface area contributed by atoms with Gasteiger partial charge in [0.25, 0.3) is 0 Å². The van der Waals surface area contributed by atoms with Gasteiger partial charge in [-0.1, -0.05) is 30.3 Å². The maximum atomic E-state index is 11.4. The summed E-state index contributed by atoms with van der Waals surface area (Å²) in [6.07, 6.45) is 1.41. The Hall–Kier alpha value is -2.23. The van der Waals surface area contributed by atoms with E-state index in [4.69, 9.17) is 9.47 Å². The number of benzene rings is 1. The number of hydrogen-bond acceptors (Lipinski definition) is 3. The predicted molar refractivity (Wildman–Crippen MR) is 67.5 cm³/mol. The van der Waals surface area contributed by atoms with Crippen molar-refractivity contribution in [2.45, 2.75) is 13.5 Å². The zero-order chi connectivity index (χ0) is 13.0. The Labute approximate surface area is 106 Å². The van der Waals surface area contributed by atoms with Gasteiger partial charge in [0.15, 0.2) is 11.9 Å². The van der Waals surface area contributed by atoms with E-state index in [-0.39, 0.29) is 0 Å². The van der Waals surface area contributed by atoms with Crippen LogP contribution in [0.5, 0.6) is 11.5 Å². The summed E-state index contributed by atoms with van der Waals surface area (Å²) in [5, 5.41) is 11.4. The first kappa shape index (κ1) is 12.2. The quantitative estimate of drug-likeness (QED) is 0.613. The Morgan fingerprint density at radius 3 is 2.56 bits per heavy atom. The fourth-order valence-corrected chi connectivity index (χ4v) is 1.70. The third-order valence-corrected chi connectivity index (χ3v) is 2.69. The highest BCUT2D eigenvalue weighted by Crippen LogP contribution is 2.28. The second-order valence-electron chi connectivity index (χ2n) is 3.90. The van der Waals surface area contributed by atoms with Crippen molar-refractivity contribution in [3.8, 4) is 11.5 Å². The summed E-state index contributed by atoms with van der Waals surface area (Å²) in [6.45, 7) is 2.14. The number of pyridine rings is 1. The van der Waals surface area contributed by atoms with Crippen LogP contribution < -0.4 is 14.2 Å². The number of hydrogen-bond donors (Lipinski definition) is 0. The van der Waals surface area contributed by atoms with Crippen molar-refractivity contribution in [2.75, 3.05) is 7.11 Å². The summed E-state index contributed by atoms with van der Waals surface area (Å²) in [7, 11) is 1.53. The van der Waals surface area contributed by atoms with Gasteiger partial charge < -0.3 is 14.7 Å². The molecular formula is C14H15NO3. The molecule has 0 bridgehead atoms. The number of nitrogens with zero attached hydrogens (tertiary/aromatic N) is 1. The smallest absolute Gasteiger partial charge is 0.235 e. The molecule has 0 unspecified atom stereocenters. The van der Waals surface area contributed by atoms with E-state index in [0.717, 1.165) is 10.3 Å². The Kier molecular flexibility index (Phi) is 3.67. The fourth-order valence-electron chi connectivity index (χ4n) is 1.70. The highest BCUT2D eigenvalue weighted by molar-refractivity contribution is 5.40. The molecule has 0 N–H and O–H groups in total. The van der Waals surface area contributed by atoms with Gasteiger partial charge in [0.1, 0.15) is 6.61 Å². The molecule has 0 aliphatic rings. The molecule has 1 aromatic carbocycles. The van der Waals surface area contributed by atoms with Crippen molar-refractivity contribution < 1.29 is 14.2 Å². The molecule has 1 aromatic heterocycles. The van der Waals surface area contributed by atoms with E-state index in [1.54, 1.807) is 13.0 Å². The second-order valence-corrected chi connectivity index (χ2v) is 3.90. The lowest BCUT2D eigenvalue weighted by molar-refractivity contribution is -0.612. The summed E-state index contributed by atoms with van der Waals surface area (Å²) in [6, 6.07) is 11.4. The number of aromatic nitrogens is 1. The molecule has 2 aromatic rings. The lowest BCUT2D eigenvalue weighted by Gasteiger charge is -2.12. The molecule has 18 heavy (non-hydrogen) atoms. The van der Waals surface area contributed by atoms with Crippen molar-refractivity contribution in [1.29, 1.82) is 0 Å². The molecule has 0 saturated heterocycles. The molecule has 0 radical (unpaired) electrons. The Balaban J connectivity index is 2.17. The van der Waals surface area contributed by atoms with Crippen molar-refractivity contribution in [3.63, 3.8) is 0 Å². The van der Waals surface area contributed by atoms with Crippen LogP contribution in [0.15, 0.2) is 42.6 Å². The van der Waals surface area contributed by atoms with Crippen molar-refractivity contribution in [1.82, 2.24) is 0 Å². The summed E-state index contributed by atoms with van der Waals surface area (Å²) < 4.78 is 11.6. The molecule has 0 saturated carbocycles. The third-order valence-electron chi connectivity index (χ3n) is 2.69. The van der Waals surface area contributed by atoms with E-state index < -0.39 is 0 Å². The molecule has 0 atom stereocenters. The lowest BCUT2D eigenvalue weighted by Crippen LogP contribution is -2.29. The van der Waals surface area contributed by atoms with Crippen LogP contribution in [0.25, 0.3) is 0 Å². The third kappa shape index (κ3) is 2.53. The number of ether oxygens (including phenoxy) is 2. The zero-order valence-electron chi connectivity index (χ0n) is 10.4. The van der Waals surface area contributed by atoms with Gasteiger partial charge in [-0.2, -0.15) is 4.73 Å². The van der Waals surface area contributed by atoms with Gasteiger partial charge in [-0.25, -0.2) is 0 Å². The number of rotatable bonds is 4. The van der Waals surface area contributed by atoms with E-state index >= 15 is 0 Å². The maximum Gasteiger partial charge on any atom is 0.235 e. The van der Waals surface area contributed by atoms with Crippen molar-refractivity contribution in [3.05, 3.63) is 59.1 Å². The topological polar surface area (TPSA) is 45.4 Å². The van der Waals surface area contributed by atoms with E-state index in [1.165, 1.54) is 13.3 Å². The predicted octanol–water partition coefficient (Wildman–Crippen LogP) is 2.22. The fraction of sp³-hybridized carbons (Fsp3) is 0.214. The largest absolute Gasteiger partial charge is 0.618 e. The standard InChI is InChI=1S/C14H15NO3/c1-11-14(17-2)13(8-9-15(11)16)18-10-12-6-4-3-5-7-12/h3-9H,10H2,1-2H3. The van der Waals surface area contributed by atoms with Gasteiger partial charge in [-0.15, -0.1) is 0 Å². The van der Waals surface area contributed by atoms with Crippen LogP contribution in [0.2, 0.25) is 0 Å². The van der Waals surface area contributed by atoms with Crippen LogP contribution >= 0.6 is 0 Å². The average Bonchev–Trinajstić information content (AvgIpc) is 2.41. The molecule has 1 heterocycles. The van der Waals surface area contributed by atoms with E-state index in [2.05, 4.69) is 0 Å². The summed E-state index contributed by atoms with van der Waals surface area (Å²) in [4.78, 5) is 0. The molecule has 94 valence electrons. The molecule has 4 nitrogen and oxygen atoms in total. The average molecular weight is 245 g/mol. The van der Waals surface area contributed by atoms with Crippen molar-refractivity contribution in [2.24, 2.45) is 0 Å². The molecule has 0 aliphatic carbocycles. The first-order valence-electron chi connectivity index (χ1n) is 5.66. The van der Waals surface area contributed by atoms with Gasteiger partial charge in [-0.05, 0) is 5.56 Å². The minimum Gasteiger partial charge on any atom is -0.618 e. The van der Waals surface area contributed by atoms with Crippen LogP contribution in [0.4, 0.5) is 0 Å². The Bertz CT molecular complexity index is 526. The Morgan fingerprint density at radius 1 is 1.17 bits per heavy atom. The Morgan fingerprint density at radius 2 is 1.89 bits per heavy atom. The van der Waals surface area contributed by atoms with E-state index in [9.17, 15) is 5.21 Å². The van der Waals surface area contributed by atoms with Gasteiger partial charge >= 0.3 is 0 Å². The van der Waals surface area contributed by atoms with Gasteiger partial charge in [0.05, 0.1) is 7.11 Å². The SMILES string of the molecule is COc1c(OCc2ccccc2)cc[n+]([O-])c1C. The van der Waals surface area contributed by atoms with E-state index in [0.29, 0.717) is 23.8 Å². The second kappa shape index (κ2) is 5.40. The molecule has 0 aliphatic heterocycles. The van der Waals surface area contributed by atoms with Gasteiger partial charge in [0, 0.05) is 13.0 Å².